The van der Waals surface area contributed by atoms with E-state index in [1.807, 2.05) is 36.5 Å². The summed E-state index contributed by atoms with van der Waals surface area (Å²) in [6.07, 6.45) is 2.98. The lowest BCUT2D eigenvalue weighted by Gasteiger charge is -2.25. The highest BCUT2D eigenvalue weighted by atomic mass is 19.1. The molecule has 0 aliphatic heterocycles. The first kappa shape index (κ1) is 27.5. The normalized spacial score (nSPS) is 13.0. The smallest absolute Gasteiger partial charge is 0.251 e. The summed E-state index contributed by atoms with van der Waals surface area (Å²) in [7, 11) is 0. The number of benzene rings is 3. The van der Waals surface area contributed by atoms with Crippen molar-refractivity contribution in [2.24, 2.45) is 0 Å². The van der Waals surface area contributed by atoms with Gasteiger partial charge in [-0.25, -0.2) is 8.78 Å². The van der Waals surface area contributed by atoms with Gasteiger partial charge in [-0.3, -0.25) is 4.79 Å². The number of fused-ring (bicyclic) bond motifs is 1. The second-order valence-electron chi connectivity index (χ2n) is 9.72. The Morgan fingerprint density at radius 3 is 2.45 bits per heavy atom. The van der Waals surface area contributed by atoms with E-state index in [1.54, 1.807) is 6.07 Å². The van der Waals surface area contributed by atoms with Crippen molar-refractivity contribution in [3.63, 3.8) is 0 Å². The number of amides is 1. The molecular formula is C31H35F2N3O2. The summed E-state index contributed by atoms with van der Waals surface area (Å²) in [4.78, 5) is 13.3. The van der Waals surface area contributed by atoms with Gasteiger partial charge in [0.15, 0.2) is 0 Å². The van der Waals surface area contributed by atoms with Crippen LogP contribution in [0, 0.1) is 11.6 Å². The molecule has 3 N–H and O–H groups in total. The fourth-order valence-electron chi connectivity index (χ4n) is 4.74. The molecule has 0 bridgehead atoms. The monoisotopic (exact) mass is 519 g/mol. The number of aliphatic hydroxyl groups excluding tert-OH is 1. The molecule has 1 amide bonds. The highest BCUT2D eigenvalue weighted by Gasteiger charge is 2.23. The van der Waals surface area contributed by atoms with E-state index >= 15 is 0 Å². The first-order chi connectivity index (χ1) is 18.4. The quantitative estimate of drug-likeness (QED) is 0.235. The molecule has 38 heavy (non-hydrogen) atoms. The Kier molecular flexibility index (Phi) is 9.26. The highest BCUT2D eigenvalue weighted by molar-refractivity contribution is 5.98. The number of carbonyl (C=O) groups excluding carboxylic acids is 1. The van der Waals surface area contributed by atoms with Gasteiger partial charge in [0.2, 0.25) is 0 Å². The number of nitrogens with one attached hydrogen (secondary N) is 2. The molecule has 1 aromatic heterocycles. The standard InChI is InChI=1S/C31H35F2N3O2/c1-3-11-36-12-10-24-8-9-25(17-29(24)36)31(38)35-28(16-23-14-26(32)18-27(33)15-23)30(37)20-34-19-22-7-5-6-21(4-2)13-22/h5-10,12-15,17-18,28,30,34,37H,3-4,11,16,19-20H2,1-2H3,(H,35,38)/t28-,30-/m0/s1. The molecule has 7 heteroatoms. The second kappa shape index (κ2) is 12.8. The van der Waals surface area contributed by atoms with Crippen LogP contribution in [0.3, 0.4) is 0 Å². The number of aromatic nitrogens is 1. The van der Waals surface area contributed by atoms with Crippen molar-refractivity contribution in [3.8, 4) is 0 Å². The molecule has 1 heterocycles. The fourth-order valence-corrected chi connectivity index (χ4v) is 4.74. The van der Waals surface area contributed by atoms with Gasteiger partial charge in [-0.15, -0.1) is 0 Å². The summed E-state index contributed by atoms with van der Waals surface area (Å²) in [6, 6.07) is 18.2. The number of hydrogen-bond acceptors (Lipinski definition) is 3. The van der Waals surface area contributed by atoms with Gasteiger partial charge in [0.1, 0.15) is 11.6 Å². The fraction of sp³-hybridized carbons (Fsp3) is 0.323. The molecule has 0 saturated heterocycles. The largest absolute Gasteiger partial charge is 0.390 e. The molecule has 0 fully saturated rings. The van der Waals surface area contributed by atoms with Gasteiger partial charge < -0.3 is 20.3 Å². The minimum Gasteiger partial charge on any atom is -0.390 e. The van der Waals surface area contributed by atoms with Crippen LogP contribution in [-0.4, -0.2) is 34.3 Å². The predicted octanol–water partition coefficient (Wildman–Crippen LogP) is 5.38. The van der Waals surface area contributed by atoms with Crippen molar-refractivity contribution in [2.45, 2.75) is 58.3 Å². The van der Waals surface area contributed by atoms with Crippen molar-refractivity contribution in [1.82, 2.24) is 15.2 Å². The lowest BCUT2D eigenvalue weighted by molar-refractivity contribution is 0.0830. The van der Waals surface area contributed by atoms with Gasteiger partial charge in [-0.1, -0.05) is 44.2 Å². The van der Waals surface area contributed by atoms with Crippen molar-refractivity contribution in [1.29, 1.82) is 0 Å². The van der Waals surface area contributed by atoms with E-state index < -0.39 is 23.8 Å². The summed E-state index contributed by atoms with van der Waals surface area (Å²) < 4.78 is 29.8. The number of nitrogens with zero attached hydrogens (tertiary/aromatic N) is 1. The van der Waals surface area contributed by atoms with Gasteiger partial charge in [0.05, 0.1) is 12.1 Å². The van der Waals surface area contributed by atoms with Crippen LogP contribution >= 0.6 is 0 Å². The van der Waals surface area contributed by atoms with Gasteiger partial charge in [0.25, 0.3) is 5.91 Å². The zero-order valence-electron chi connectivity index (χ0n) is 21.9. The Morgan fingerprint density at radius 1 is 0.947 bits per heavy atom. The zero-order valence-corrected chi connectivity index (χ0v) is 21.9. The van der Waals surface area contributed by atoms with Gasteiger partial charge >= 0.3 is 0 Å². The highest BCUT2D eigenvalue weighted by Crippen LogP contribution is 2.19. The minimum atomic E-state index is -0.993. The number of aryl methyl sites for hydroxylation is 2. The van der Waals surface area contributed by atoms with Crippen LogP contribution in [0.15, 0.2) is 72.9 Å². The lowest BCUT2D eigenvalue weighted by atomic mass is 10.00. The number of aliphatic hydroxyl groups is 1. The summed E-state index contributed by atoms with van der Waals surface area (Å²) in [6.45, 7) is 5.77. The van der Waals surface area contributed by atoms with Crippen molar-refractivity contribution in [2.75, 3.05) is 6.54 Å². The van der Waals surface area contributed by atoms with E-state index in [4.69, 9.17) is 0 Å². The van der Waals surface area contributed by atoms with Gasteiger partial charge in [0, 0.05) is 43.0 Å². The first-order valence-corrected chi connectivity index (χ1v) is 13.2. The average molecular weight is 520 g/mol. The molecule has 0 aliphatic carbocycles. The number of hydrogen-bond donors (Lipinski definition) is 3. The maximum absolute atomic E-state index is 13.9. The third-order valence-electron chi connectivity index (χ3n) is 6.74. The van der Waals surface area contributed by atoms with Crippen LogP contribution < -0.4 is 10.6 Å². The number of rotatable bonds is 12. The molecule has 0 aliphatic rings. The van der Waals surface area contributed by atoms with Crippen LogP contribution in [0.1, 0.15) is 47.3 Å². The van der Waals surface area contributed by atoms with E-state index in [9.17, 15) is 18.7 Å². The van der Waals surface area contributed by atoms with Crippen molar-refractivity contribution >= 4 is 16.8 Å². The molecule has 3 aromatic carbocycles. The topological polar surface area (TPSA) is 66.3 Å². The van der Waals surface area contributed by atoms with Crippen LogP contribution in [0.5, 0.6) is 0 Å². The Hall–Kier alpha value is -3.55. The summed E-state index contributed by atoms with van der Waals surface area (Å²) in [5.41, 5.74) is 4.09. The second-order valence-corrected chi connectivity index (χ2v) is 9.72. The maximum atomic E-state index is 13.9. The van der Waals surface area contributed by atoms with E-state index in [-0.39, 0.29) is 18.9 Å². The molecule has 0 saturated carbocycles. The summed E-state index contributed by atoms with van der Waals surface area (Å²) in [5.74, 6) is -1.75. The summed E-state index contributed by atoms with van der Waals surface area (Å²) in [5, 5.41) is 18.3. The Labute approximate surface area is 222 Å². The molecule has 5 nitrogen and oxygen atoms in total. The number of carbonyl (C=O) groups is 1. The van der Waals surface area contributed by atoms with E-state index in [2.05, 4.69) is 41.2 Å². The van der Waals surface area contributed by atoms with Gasteiger partial charge in [-0.2, -0.15) is 0 Å². The Balaban J connectivity index is 1.50. The SMILES string of the molecule is CCCn1ccc2ccc(C(=O)N[C@@H](Cc3cc(F)cc(F)c3)[C@@H](O)CNCc3cccc(CC)c3)cc21. The summed E-state index contributed by atoms with van der Waals surface area (Å²) >= 11 is 0. The van der Waals surface area contributed by atoms with Gasteiger partial charge in [-0.05, 0) is 71.7 Å². The third kappa shape index (κ3) is 7.05. The molecule has 2 atom stereocenters. The molecule has 4 aromatic rings. The van der Waals surface area contributed by atoms with Crippen LogP contribution in [0.2, 0.25) is 0 Å². The molecule has 0 radical (unpaired) electrons. The van der Waals surface area contributed by atoms with E-state index in [0.717, 1.165) is 41.9 Å². The average Bonchev–Trinajstić information content (AvgIpc) is 3.30. The van der Waals surface area contributed by atoms with Crippen molar-refractivity contribution < 1.29 is 18.7 Å². The van der Waals surface area contributed by atoms with Crippen molar-refractivity contribution in [3.05, 3.63) is 107 Å². The molecule has 0 spiro atoms. The lowest BCUT2D eigenvalue weighted by Crippen LogP contribution is -2.48. The minimum absolute atomic E-state index is 0.0725. The van der Waals surface area contributed by atoms with Crippen LogP contribution in [0.4, 0.5) is 8.78 Å². The maximum Gasteiger partial charge on any atom is 0.251 e. The van der Waals surface area contributed by atoms with Crippen LogP contribution in [-0.2, 0) is 25.9 Å². The molecular weight excluding hydrogens is 484 g/mol. The predicted molar refractivity (Wildman–Crippen MR) is 147 cm³/mol. The van der Waals surface area contributed by atoms with Crippen LogP contribution in [0.25, 0.3) is 10.9 Å². The Morgan fingerprint density at radius 2 is 1.71 bits per heavy atom. The van der Waals surface area contributed by atoms with E-state index in [1.165, 1.54) is 17.7 Å². The molecule has 200 valence electrons. The Bertz CT molecular complexity index is 1360. The van der Waals surface area contributed by atoms with E-state index in [0.29, 0.717) is 17.7 Å². The molecule has 0 unspecified atom stereocenters. The molecule has 4 rings (SSSR count). The zero-order chi connectivity index (χ0) is 27.1. The first-order valence-electron chi connectivity index (χ1n) is 13.2. The number of halogens is 2. The third-order valence-corrected chi connectivity index (χ3v) is 6.74.